The van der Waals surface area contributed by atoms with E-state index in [0.717, 1.165) is 12.7 Å². The van der Waals surface area contributed by atoms with E-state index in [0.29, 0.717) is 0 Å². The van der Waals surface area contributed by atoms with Gasteiger partial charge >= 0.3 is 5.97 Å². The van der Waals surface area contributed by atoms with Gasteiger partial charge in [0.05, 0.1) is 18.1 Å². The molecule has 0 bridgehead atoms. The lowest BCUT2D eigenvalue weighted by Gasteiger charge is -2.08. The minimum Gasteiger partial charge on any atom is -0.489 e. The number of carbonyl (C=O) groups is 1. The summed E-state index contributed by atoms with van der Waals surface area (Å²) in [6.45, 7) is 0.214. The first-order chi connectivity index (χ1) is 12.5. The number of non-ortho nitro benzene ring substituents is 1. The molecular weight excluding hydrogens is 340 g/mol. The highest BCUT2D eigenvalue weighted by molar-refractivity contribution is 5.93. The molecule has 0 aromatic heterocycles. The fraction of sp³-hybridized carbons (Fsp3) is 0.118. The van der Waals surface area contributed by atoms with E-state index in [9.17, 15) is 14.9 Å². The van der Waals surface area contributed by atoms with Crippen LogP contribution in [-0.4, -0.2) is 18.0 Å². The lowest BCUT2D eigenvalue weighted by Crippen LogP contribution is -2.02. The summed E-state index contributed by atoms with van der Waals surface area (Å²) in [6, 6.07) is 13.3. The third kappa shape index (κ3) is 5.08. The number of nitro benzene ring substituents is 1. The van der Waals surface area contributed by atoms with Crippen molar-refractivity contribution in [2.24, 2.45) is 5.11 Å². The van der Waals surface area contributed by atoms with E-state index in [-0.39, 0.29) is 29.3 Å². The Hall–Kier alpha value is -3.84. The molecule has 0 heterocycles. The quantitative estimate of drug-likeness (QED) is 0.141. The van der Waals surface area contributed by atoms with Crippen molar-refractivity contribution in [3.05, 3.63) is 85.9 Å². The summed E-state index contributed by atoms with van der Waals surface area (Å²) < 4.78 is 10.1. The van der Waals surface area contributed by atoms with Crippen molar-refractivity contribution in [3.63, 3.8) is 0 Å². The monoisotopic (exact) mass is 354 g/mol. The molecule has 0 saturated heterocycles. The van der Waals surface area contributed by atoms with Gasteiger partial charge in [-0.05, 0) is 28.8 Å². The Labute approximate surface area is 148 Å². The molecule has 0 radical (unpaired) electrons. The van der Waals surface area contributed by atoms with Gasteiger partial charge in [0.2, 0.25) is 0 Å². The zero-order valence-corrected chi connectivity index (χ0v) is 13.7. The molecule has 2 aromatic rings. The van der Waals surface area contributed by atoms with Gasteiger partial charge in [-0.2, -0.15) is 0 Å². The minimum atomic E-state index is -0.860. The highest BCUT2D eigenvalue weighted by Crippen LogP contribution is 2.25. The van der Waals surface area contributed by atoms with Crippen molar-refractivity contribution < 1.29 is 19.2 Å². The molecule has 0 fully saturated rings. The Kier molecular flexibility index (Phi) is 6.30. The van der Waals surface area contributed by atoms with Gasteiger partial charge < -0.3 is 9.47 Å². The van der Waals surface area contributed by atoms with Crippen LogP contribution in [0.4, 0.5) is 5.69 Å². The first-order valence-electron chi connectivity index (χ1n) is 7.35. The lowest BCUT2D eigenvalue weighted by atomic mass is 10.1. The first kappa shape index (κ1) is 18.5. The number of ether oxygens (including phenoxy) is 2. The van der Waals surface area contributed by atoms with E-state index in [1.165, 1.54) is 24.3 Å². The van der Waals surface area contributed by atoms with E-state index < -0.39 is 10.9 Å². The van der Waals surface area contributed by atoms with Crippen LogP contribution in [0.3, 0.4) is 0 Å². The average Bonchev–Trinajstić information content (AvgIpc) is 2.66. The maximum Gasteiger partial charge on any atom is 0.340 e. The molecule has 0 aliphatic heterocycles. The van der Waals surface area contributed by atoms with E-state index >= 15 is 0 Å². The minimum absolute atomic E-state index is 0.214. The van der Waals surface area contributed by atoms with Gasteiger partial charge in [0.15, 0.2) is 0 Å². The molecule has 0 aliphatic rings. The van der Waals surface area contributed by atoms with Crippen LogP contribution in [-0.2, 0) is 16.1 Å². The number of rotatable bonds is 7. The molecule has 9 nitrogen and oxygen atoms in total. The van der Waals surface area contributed by atoms with Gasteiger partial charge in [0.1, 0.15) is 18.1 Å². The molecule has 0 atom stereocenters. The van der Waals surface area contributed by atoms with Crippen molar-refractivity contribution in [3.8, 4) is 5.75 Å². The average molecular weight is 354 g/mol. The Morgan fingerprint density at radius 3 is 2.65 bits per heavy atom. The lowest BCUT2D eigenvalue weighted by molar-refractivity contribution is -0.385. The topological polar surface area (TPSA) is 127 Å². The SMILES string of the molecule is COC(=O)/C(=C/c1cc(OCc2ccccc2)cc([N+](=O)[O-])c1)N=[N+]=[N-]. The van der Waals surface area contributed by atoms with E-state index in [4.69, 9.17) is 10.3 Å². The van der Waals surface area contributed by atoms with Crippen molar-refractivity contribution in [1.82, 2.24) is 0 Å². The number of nitro groups is 1. The van der Waals surface area contributed by atoms with Gasteiger partial charge in [-0.1, -0.05) is 35.4 Å². The molecular formula is C17H14N4O5. The number of methoxy groups -OCH3 is 1. The summed E-state index contributed by atoms with van der Waals surface area (Å²) in [6.07, 6.45) is 1.19. The van der Waals surface area contributed by atoms with Crippen molar-refractivity contribution in [2.75, 3.05) is 7.11 Å². The highest BCUT2D eigenvalue weighted by Gasteiger charge is 2.13. The van der Waals surface area contributed by atoms with Gasteiger partial charge in [0, 0.05) is 11.0 Å². The predicted octanol–water partition coefficient (Wildman–Crippen LogP) is 4.00. The smallest absolute Gasteiger partial charge is 0.340 e. The van der Waals surface area contributed by atoms with E-state index in [1.54, 1.807) is 0 Å². The first-order valence-corrected chi connectivity index (χ1v) is 7.35. The molecule has 2 rings (SSSR count). The van der Waals surface area contributed by atoms with Gasteiger partial charge in [0.25, 0.3) is 5.69 Å². The molecule has 2 aromatic carbocycles. The molecule has 132 valence electrons. The molecule has 0 spiro atoms. The third-order valence-electron chi connectivity index (χ3n) is 3.22. The van der Waals surface area contributed by atoms with Crippen molar-refractivity contribution in [2.45, 2.75) is 6.61 Å². The van der Waals surface area contributed by atoms with Gasteiger partial charge in [-0.15, -0.1) is 0 Å². The normalized spacial score (nSPS) is 10.6. The number of nitrogens with zero attached hydrogens (tertiary/aromatic N) is 4. The van der Waals surface area contributed by atoms with Gasteiger partial charge in [-0.3, -0.25) is 10.1 Å². The molecule has 26 heavy (non-hydrogen) atoms. The second-order valence-corrected chi connectivity index (χ2v) is 5.00. The van der Waals surface area contributed by atoms with Crippen LogP contribution in [0.5, 0.6) is 5.75 Å². The summed E-state index contributed by atoms with van der Waals surface area (Å²) >= 11 is 0. The summed E-state index contributed by atoms with van der Waals surface area (Å²) in [4.78, 5) is 24.7. The molecule has 0 N–H and O–H groups in total. The Morgan fingerprint density at radius 1 is 1.31 bits per heavy atom. The summed E-state index contributed by atoms with van der Waals surface area (Å²) in [5, 5.41) is 14.4. The Balaban J connectivity index is 2.36. The highest BCUT2D eigenvalue weighted by atomic mass is 16.6. The van der Waals surface area contributed by atoms with Crippen LogP contribution >= 0.6 is 0 Å². The largest absolute Gasteiger partial charge is 0.489 e. The fourth-order valence-corrected chi connectivity index (χ4v) is 2.06. The van der Waals surface area contributed by atoms with Crippen molar-refractivity contribution >= 4 is 17.7 Å². The number of hydrogen-bond donors (Lipinski definition) is 0. The van der Waals surface area contributed by atoms with Crippen LogP contribution in [0, 0.1) is 10.1 Å². The summed E-state index contributed by atoms with van der Waals surface area (Å²) in [7, 11) is 1.13. The summed E-state index contributed by atoms with van der Waals surface area (Å²) in [5.41, 5.74) is 9.13. The maximum absolute atomic E-state index is 11.6. The van der Waals surface area contributed by atoms with Gasteiger partial charge in [-0.25, -0.2) is 4.79 Å². The van der Waals surface area contributed by atoms with Crippen LogP contribution in [0.2, 0.25) is 0 Å². The fourth-order valence-electron chi connectivity index (χ4n) is 2.06. The van der Waals surface area contributed by atoms with E-state index in [2.05, 4.69) is 14.8 Å². The molecule has 0 unspecified atom stereocenters. The van der Waals surface area contributed by atoms with Crippen LogP contribution < -0.4 is 4.74 Å². The number of esters is 1. The second kappa shape index (κ2) is 8.86. The van der Waals surface area contributed by atoms with Crippen LogP contribution in [0.1, 0.15) is 11.1 Å². The van der Waals surface area contributed by atoms with Crippen LogP contribution in [0.25, 0.3) is 16.5 Å². The zero-order valence-electron chi connectivity index (χ0n) is 13.7. The molecule has 0 saturated carbocycles. The molecule has 9 heteroatoms. The maximum atomic E-state index is 11.6. The standard InChI is InChI=1S/C17H14N4O5/c1-25-17(22)16(19-20-18)9-13-7-14(21(23)24)10-15(8-13)26-11-12-5-3-2-4-6-12/h2-10H,11H2,1H3/b16-9-. The Bertz CT molecular complexity index is 889. The van der Waals surface area contributed by atoms with Crippen molar-refractivity contribution in [1.29, 1.82) is 0 Å². The number of azide groups is 1. The zero-order chi connectivity index (χ0) is 18.9. The van der Waals surface area contributed by atoms with Crippen LogP contribution in [0.15, 0.2) is 59.3 Å². The summed E-state index contributed by atoms with van der Waals surface area (Å²) in [5.74, 6) is -0.625. The third-order valence-corrected chi connectivity index (χ3v) is 3.22. The molecule has 0 amide bonds. The predicted molar refractivity (Wildman–Crippen MR) is 93.0 cm³/mol. The van der Waals surface area contributed by atoms with E-state index in [1.807, 2.05) is 30.3 Å². The molecule has 0 aliphatic carbocycles. The second-order valence-electron chi connectivity index (χ2n) is 5.00. The number of hydrogen-bond acceptors (Lipinski definition) is 6. The number of benzene rings is 2. The number of carbonyl (C=O) groups excluding carboxylic acids is 1. The Morgan fingerprint density at radius 2 is 2.04 bits per heavy atom.